The molecule has 3 heterocycles. The first kappa shape index (κ1) is 18.3. The van der Waals surface area contributed by atoms with E-state index in [2.05, 4.69) is 54.8 Å². The van der Waals surface area contributed by atoms with Gasteiger partial charge in [-0.1, -0.05) is 23.6 Å². The number of fused-ring (bicyclic) bond motifs is 1. The van der Waals surface area contributed by atoms with Crippen LogP contribution in [0.2, 0.25) is 5.15 Å². The molecule has 0 aromatic carbocycles. The largest absolute Gasteiger partial charge is 0.456 e. The third kappa shape index (κ3) is 4.18. The monoisotopic (exact) mass is 437 g/mol. The fraction of sp³-hybridized carbons (Fsp3) is 0.278. The van der Waals surface area contributed by atoms with Crippen LogP contribution in [0.5, 0.6) is 0 Å². The van der Waals surface area contributed by atoms with Crippen molar-refractivity contribution in [1.29, 1.82) is 0 Å². The summed E-state index contributed by atoms with van der Waals surface area (Å²) in [5.74, 6) is 6.85. The third-order valence-corrected chi connectivity index (χ3v) is 5.60. The molecule has 3 aromatic rings. The van der Waals surface area contributed by atoms with E-state index in [1.807, 2.05) is 20.0 Å². The van der Waals surface area contributed by atoms with Gasteiger partial charge >= 0.3 is 0 Å². The van der Waals surface area contributed by atoms with Crippen LogP contribution >= 0.6 is 38.9 Å². The molecule has 3 aromatic heterocycles. The van der Waals surface area contributed by atoms with Crippen LogP contribution in [0.15, 0.2) is 32.5 Å². The Hall–Kier alpha value is -1.52. The van der Waals surface area contributed by atoms with Crippen molar-refractivity contribution in [2.24, 2.45) is 0 Å². The SMILES string of the molecule is CC#CC(Cc1oc2c(NCc3cccs3)cc(Cl)nc2c1Br)NC. The highest BCUT2D eigenvalue weighted by molar-refractivity contribution is 9.10. The van der Waals surface area contributed by atoms with Crippen molar-refractivity contribution in [3.05, 3.63) is 43.8 Å². The molecule has 0 amide bonds. The molecule has 0 radical (unpaired) electrons. The molecule has 1 atom stereocenters. The van der Waals surface area contributed by atoms with E-state index in [9.17, 15) is 0 Å². The molecule has 0 spiro atoms. The summed E-state index contributed by atoms with van der Waals surface area (Å²) in [6, 6.07) is 5.92. The minimum atomic E-state index is 0.0138. The van der Waals surface area contributed by atoms with Gasteiger partial charge in [0, 0.05) is 23.9 Å². The molecule has 0 fully saturated rings. The van der Waals surface area contributed by atoms with Gasteiger partial charge in [0.2, 0.25) is 0 Å². The Morgan fingerprint density at radius 3 is 3.00 bits per heavy atom. The second-order valence-corrected chi connectivity index (χ2v) is 7.59. The van der Waals surface area contributed by atoms with E-state index in [1.54, 1.807) is 17.4 Å². The average Bonchev–Trinajstić information content (AvgIpc) is 3.22. The third-order valence-electron chi connectivity index (χ3n) is 3.71. The zero-order chi connectivity index (χ0) is 17.8. The standard InChI is InChI=1S/C18H17BrClN3OS/c1-3-5-11(21-2)8-14-16(19)17-18(24-14)13(9-15(20)23-17)22-10-12-6-4-7-25-12/h4,6-7,9,11,21H,8,10H2,1-2H3,(H,22,23). The summed E-state index contributed by atoms with van der Waals surface area (Å²) in [6.45, 7) is 2.53. The van der Waals surface area contributed by atoms with E-state index in [4.69, 9.17) is 16.0 Å². The van der Waals surface area contributed by atoms with Crippen LogP contribution in [0.4, 0.5) is 5.69 Å². The highest BCUT2D eigenvalue weighted by Crippen LogP contribution is 2.36. The maximum atomic E-state index is 6.20. The summed E-state index contributed by atoms with van der Waals surface area (Å²) in [6.07, 6.45) is 0.635. The molecule has 7 heteroatoms. The predicted octanol–water partition coefficient (Wildman–Crippen LogP) is 5.07. The molecule has 0 aliphatic carbocycles. The number of hydrogen-bond acceptors (Lipinski definition) is 5. The molecule has 0 saturated carbocycles. The summed E-state index contributed by atoms with van der Waals surface area (Å²) in [5, 5.41) is 9.05. The van der Waals surface area contributed by atoms with Crippen molar-refractivity contribution in [1.82, 2.24) is 10.3 Å². The van der Waals surface area contributed by atoms with Crippen molar-refractivity contribution in [3.8, 4) is 11.8 Å². The second kappa shape index (κ2) is 8.24. The lowest BCUT2D eigenvalue weighted by molar-refractivity contribution is 0.518. The molecule has 2 N–H and O–H groups in total. The highest BCUT2D eigenvalue weighted by atomic mass is 79.9. The average molecular weight is 439 g/mol. The van der Waals surface area contributed by atoms with Gasteiger partial charge in [0.25, 0.3) is 0 Å². The molecule has 0 saturated heterocycles. The van der Waals surface area contributed by atoms with Crippen LogP contribution in [-0.2, 0) is 13.0 Å². The van der Waals surface area contributed by atoms with Crippen LogP contribution < -0.4 is 10.6 Å². The summed E-state index contributed by atoms with van der Waals surface area (Å²) in [7, 11) is 1.88. The quantitative estimate of drug-likeness (QED) is 0.417. The molecular weight excluding hydrogens is 422 g/mol. The van der Waals surface area contributed by atoms with Gasteiger partial charge in [-0.15, -0.1) is 17.3 Å². The van der Waals surface area contributed by atoms with Crippen LogP contribution in [0.3, 0.4) is 0 Å². The fourth-order valence-electron chi connectivity index (χ4n) is 2.50. The molecule has 0 bridgehead atoms. The van der Waals surface area contributed by atoms with E-state index in [0.29, 0.717) is 23.7 Å². The fourth-order valence-corrected chi connectivity index (χ4v) is 3.85. The Balaban J connectivity index is 1.94. The number of likely N-dealkylation sites (N-methyl/N-ethyl adjacent to an activating group) is 1. The number of aromatic nitrogens is 1. The molecule has 25 heavy (non-hydrogen) atoms. The van der Waals surface area contributed by atoms with Gasteiger partial charge in [-0.2, -0.15) is 0 Å². The summed E-state index contributed by atoms with van der Waals surface area (Å²) in [4.78, 5) is 5.65. The first-order valence-corrected chi connectivity index (χ1v) is 9.80. The molecule has 3 rings (SSSR count). The van der Waals surface area contributed by atoms with Gasteiger partial charge in [0.15, 0.2) is 5.58 Å². The molecular formula is C18H17BrClN3OS. The Morgan fingerprint density at radius 1 is 1.48 bits per heavy atom. The summed E-state index contributed by atoms with van der Waals surface area (Å²) in [5.41, 5.74) is 2.25. The van der Waals surface area contributed by atoms with Crippen molar-refractivity contribution < 1.29 is 4.42 Å². The Morgan fingerprint density at radius 2 is 2.32 bits per heavy atom. The normalized spacial score (nSPS) is 12.0. The lowest BCUT2D eigenvalue weighted by Crippen LogP contribution is -2.25. The first-order valence-electron chi connectivity index (χ1n) is 7.75. The molecule has 0 aliphatic rings. The highest BCUT2D eigenvalue weighted by Gasteiger charge is 2.19. The number of rotatable bonds is 6. The van der Waals surface area contributed by atoms with Crippen LogP contribution in [-0.4, -0.2) is 18.1 Å². The van der Waals surface area contributed by atoms with Crippen molar-refractivity contribution in [3.63, 3.8) is 0 Å². The number of anilines is 1. The van der Waals surface area contributed by atoms with Crippen LogP contribution in [0.25, 0.3) is 11.1 Å². The maximum absolute atomic E-state index is 6.20. The zero-order valence-corrected chi connectivity index (χ0v) is 17.0. The number of nitrogens with one attached hydrogen (secondary N) is 2. The lowest BCUT2D eigenvalue weighted by atomic mass is 10.2. The van der Waals surface area contributed by atoms with Gasteiger partial charge < -0.3 is 15.1 Å². The van der Waals surface area contributed by atoms with Crippen molar-refractivity contribution >= 4 is 55.7 Å². The van der Waals surface area contributed by atoms with Crippen LogP contribution in [0, 0.1) is 11.8 Å². The summed E-state index contributed by atoms with van der Waals surface area (Å²) < 4.78 is 6.92. The van der Waals surface area contributed by atoms with Crippen molar-refractivity contribution in [2.45, 2.75) is 25.9 Å². The van der Waals surface area contributed by atoms with Crippen molar-refractivity contribution in [2.75, 3.05) is 12.4 Å². The smallest absolute Gasteiger partial charge is 0.177 e. The minimum absolute atomic E-state index is 0.0138. The first-order chi connectivity index (χ1) is 12.1. The second-order valence-electron chi connectivity index (χ2n) is 5.38. The lowest BCUT2D eigenvalue weighted by Gasteiger charge is -2.07. The maximum Gasteiger partial charge on any atom is 0.177 e. The number of furan rings is 1. The van der Waals surface area contributed by atoms with Crippen LogP contribution in [0.1, 0.15) is 17.6 Å². The summed E-state index contributed by atoms with van der Waals surface area (Å²) >= 11 is 11.5. The van der Waals surface area contributed by atoms with E-state index < -0.39 is 0 Å². The number of halogens is 2. The zero-order valence-electron chi connectivity index (χ0n) is 13.8. The van der Waals surface area contributed by atoms with Gasteiger partial charge in [0.1, 0.15) is 16.4 Å². The predicted molar refractivity (Wildman–Crippen MR) is 108 cm³/mol. The van der Waals surface area contributed by atoms with Gasteiger partial charge in [-0.25, -0.2) is 4.98 Å². The molecule has 0 aliphatic heterocycles. The van der Waals surface area contributed by atoms with E-state index in [1.165, 1.54) is 4.88 Å². The topological polar surface area (TPSA) is 50.1 Å². The number of hydrogen-bond donors (Lipinski definition) is 2. The van der Waals surface area contributed by atoms with Gasteiger partial charge in [-0.05, 0) is 41.3 Å². The van der Waals surface area contributed by atoms with Gasteiger partial charge in [0.05, 0.1) is 16.2 Å². The Labute approximate surface area is 164 Å². The molecule has 130 valence electrons. The molecule has 1 unspecified atom stereocenters. The molecule has 4 nitrogen and oxygen atoms in total. The Bertz CT molecular complexity index is 927. The van der Waals surface area contributed by atoms with E-state index in [0.717, 1.165) is 21.4 Å². The Kier molecular flexibility index (Phi) is 6.02. The number of nitrogens with zero attached hydrogens (tertiary/aromatic N) is 1. The van der Waals surface area contributed by atoms with E-state index in [-0.39, 0.29) is 6.04 Å². The van der Waals surface area contributed by atoms with E-state index >= 15 is 0 Å². The minimum Gasteiger partial charge on any atom is -0.456 e. The number of pyridine rings is 1. The number of thiophene rings is 1. The van der Waals surface area contributed by atoms with Gasteiger partial charge in [-0.3, -0.25) is 0 Å².